The molecule has 0 fully saturated rings. The molecule has 3 rings (SSSR count). The molecule has 1 aliphatic rings. The fraction of sp³-hybridized carbons (Fsp3) is 0.357. The third kappa shape index (κ3) is 2.84. The van der Waals surface area contributed by atoms with Crippen molar-refractivity contribution in [2.24, 2.45) is 0 Å². The zero-order chi connectivity index (χ0) is 13.1. The highest BCUT2D eigenvalue weighted by molar-refractivity contribution is 6.30. The highest BCUT2D eigenvalue weighted by Gasteiger charge is 2.16. The number of aromatic nitrogens is 3. The van der Waals surface area contributed by atoms with Crippen LogP contribution in [0.15, 0.2) is 24.5 Å². The molecule has 0 amide bonds. The van der Waals surface area contributed by atoms with Crippen LogP contribution < -0.4 is 5.32 Å². The summed E-state index contributed by atoms with van der Waals surface area (Å²) in [6.45, 7) is 0.678. The van der Waals surface area contributed by atoms with Crippen molar-refractivity contribution in [1.29, 1.82) is 0 Å². The predicted octanol–water partition coefficient (Wildman–Crippen LogP) is 3.02. The topological polar surface area (TPSA) is 50.7 Å². The lowest BCUT2D eigenvalue weighted by Crippen LogP contribution is -2.11. The average Bonchev–Trinajstić information content (AvgIpc) is 2.46. The van der Waals surface area contributed by atoms with E-state index < -0.39 is 0 Å². The molecule has 0 unspecified atom stereocenters. The molecule has 0 aromatic carbocycles. The number of nitrogens with one attached hydrogen (secondary N) is 1. The average molecular weight is 275 g/mol. The first-order chi connectivity index (χ1) is 9.33. The number of hydrogen-bond donors (Lipinski definition) is 1. The summed E-state index contributed by atoms with van der Waals surface area (Å²) >= 11 is 6.23. The summed E-state index contributed by atoms with van der Waals surface area (Å²) in [6.07, 6.45) is 7.92. The molecule has 2 aromatic heterocycles. The van der Waals surface area contributed by atoms with Gasteiger partial charge in [0.05, 0.1) is 5.69 Å². The fourth-order valence-corrected chi connectivity index (χ4v) is 2.59. The first kappa shape index (κ1) is 12.4. The number of aryl methyl sites for hydroxylation is 1. The van der Waals surface area contributed by atoms with Gasteiger partial charge in [-0.3, -0.25) is 4.98 Å². The van der Waals surface area contributed by atoms with Crippen LogP contribution in [0.2, 0.25) is 5.15 Å². The van der Waals surface area contributed by atoms with E-state index in [9.17, 15) is 0 Å². The van der Waals surface area contributed by atoms with Crippen LogP contribution in [-0.4, -0.2) is 15.0 Å². The minimum absolute atomic E-state index is 0.599. The van der Waals surface area contributed by atoms with Gasteiger partial charge in [0.2, 0.25) is 5.95 Å². The van der Waals surface area contributed by atoms with Gasteiger partial charge in [0.1, 0.15) is 5.15 Å². The smallest absolute Gasteiger partial charge is 0.224 e. The lowest BCUT2D eigenvalue weighted by Gasteiger charge is -2.16. The van der Waals surface area contributed by atoms with Gasteiger partial charge >= 0.3 is 0 Å². The van der Waals surface area contributed by atoms with Crippen molar-refractivity contribution in [3.05, 3.63) is 46.5 Å². The molecule has 2 heterocycles. The molecular weight excluding hydrogens is 260 g/mol. The monoisotopic (exact) mass is 274 g/mol. The van der Waals surface area contributed by atoms with Gasteiger partial charge in [0.15, 0.2) is 0 Å². The van der Waals surface area contributed by atoms with Crippen molar-refractivity contribution in [2.75, 3.05) is 5.32 Å². The van der Waals surface area contributed by atoms with Crippen molar-refractivity contribution < 1.29 is 0 Å². The van der Waals surface area contributed by atoms with E-state index in [1.165, 1.54) is 12.8 Å². The van der Waals surface area contributed by atoms with Gasteiger partial charge in [0, 0.05) is 24.5 Å². The number of hydrogen-bond acceptors (Lipinski definition) is 4. The van der Waals surface area contributed by atoms with Gasteiger partial charge in [-0.25, -0.2) is 9.97 Å². The van der Waals surface area contributed by atoms with E-state index in [1.807, 2.05) is 12.1 Å². The lowest BCUT2D eigenvalue weighted by molar-refractivity contribution is 0.663. The largest absolute Gasteiger partial charge is 0.350 e. The number of halogens is 1. The van der Waals surface area contributed by atoms with E-state index in [0.29, 0.717) is 17.6 Å². The van der Waals surface area contributed by atoms with E-state index in [0.717, 1.165) is 29.7 Å². The van der Waals surface area contributed by atoms with Crippen LogP contribution in [0.25, 0.3) is 0 Å². The Kier molecular flexibility index (Phi) is 3.60. The quantitative estimate of drug-likeness (QED) is 0.874. The molecule has 0 radical (unpaired) electrons. The Morgan fingerprint density at radius 3 is 2.74 bits per heavy atom. The molecule has 2 aromatic rings. The van der Waals surface area contributed by atoms with Crippen LogP contribution in [0.3, 0.4) is 0 Å². The first-order valence-corrected chi connectivity index (χ1v) is 6.89. The molecule has 98 valence electrons. The number of nitrogens with zero attached hydrogens (tertiary/aromatic N) is 3. The molecule has 0 saturated carbocycles. The molecule has 0 spiro atoms. The normalized spacial score (nSPS) is 13.9. The van der Waals surface area contributed by atoms with Gasteiger partial charge in [-0.05, 0) is 43.4 Å². The Morgan fingerprint density at radius 1 is 1.11 bits per heavy atom. The maximum atomic E-state index is 6.23. The molecule has 0 aliphatic heterocycles. The Balaban J connectivity index is 1.76. The number of anilines is 1. The standard InChI is InChI=1S/C14H15ClN4/c15-13-11-3-1-2-4-12(11)18-14(19-13)17-9-10-5-7-16-8-6-10/h5-8H,1-4,9H2,(H,17,18,19). The first-order valence-electron chi connectivity index (χ1n) is 6.51. The van der Waals surface area contributed by atoms with Crippen LogP contribution in [0.4, 0.5) is 5.95 Å². The van der Waals surface area contributed by atoms with Gasteiger partial charge in [-0.2, -0.15) is 0 Å². The summed E-state index contributed by atoms with van der Waals surface area (Å²) in [7, 11) is 0. The summed E-state index contributed by atoms with van der Waals surface area (Å²) in [4.78, 5) is 12.9. The van der Waals surface area contributed by atoms with Crippen molar-refractivity contribution in [3.8, 4) is 0 Å². The summed E-state index contributed by atoms with van der Waals surface area (Å²) < 4.78 is 0. The van der Waals surface area contributed by atoms with Crippen LogP contribution in [0.1, 0.15) is 29.7 Å². The molecular formula is C14H15ClN4. The van der Waals surface area contributed by atoms with E-state index in [1.54, 1.807) is 12.4 Å². The van der Waals surface area contributed by atoms with E-state index in [-0.39, 0.29) is 0 Å². The Hall–Kier alpha value is -1.68. The minimum Gasteiger partial charge on any atom is -0.350 e. The van der Waals surface area contributed by atoms with Gasteiger partial charge in [-0.15, -0.1) is 0 Å². The lowest BCUT2D eigenvalue weighted by atomic mass is 9.97. The van der Waals surface area contributed by atoms with E-state index in [4.69, 9.17) is 11.6 Å². The van der Waals surface area contributed by atoms with Crippen LogP contribution in [-0.2, 0) is 19.4 Å². The fourth-order valence-electron chi connectivity index (χ4n) is 2.31. The van der Waals surface area contributed by atoms with Gasteiger partial charge < -0.3 is 5.32 Å². The summed E-state index contributed by atoms with van der Waals surface area (Å²) in [5.41, 5.74) is 3.37. The SMILES string of the molecule is Clc1nc(NCc2ccncc2)nc2c1CCCC2. The molecule has 5 heteroatoms. The second-order valence-corrected chi connectivity index (χ2v) is 5.04. The zero-order valence-corrected chi connectivity index (χ0v) is 11.3. The minimum atomic E-state index is 0.599. The maximum Gasteiger partial charge on any atom is 0.224 e. The van der Waals surface area contributed by atoms with Crippen molar-refractivity contribution in [3.63, 3.8) is 0 Å². The predicted molar refractivity (Wildman–Crippen MR) is 75.2 cm³/mol. The number of rotatable bonds is 3. The Morgan fingerprint density at radius 2 is 1.89 bits per heavy atom. The van der Waals surface area contributed by atoms with Gasteiger partial charge in [0.25, 0.3) is 0 Å². The Bertz CT molecular complexity index is 571. The molecule has 1 N–H and O–H groups in total. The van der Waals surface area contributed by atoms with Crippen molar-refractivity contribution >= 4 is 17.5 Å². The second kappa shape index (κ2) is 5.53. The molecule has 0 atom stereocenters. The summed E-state index contributed by atoms with van der Waals surface area (Å²) in [6, 6.07) is 3.93. The van der Waals surface area contributed by atoms with Crippen LogP contribution in [0.5, 0.6) is 0 Å². The van der Waals surface area contributed by atoms with Crippen LogP contribution >= 0.6 is 11.6 Å². The third-order valence-corrected chi connectivity index (χ3v) is 3.65. The maximum absolute atomic E-state index is 6.23. The molecule has 4 nitrogen and oxygen atoms in total. The number of fused-ring (bicyclic) bond motifs is 1. The molecule has 0 saturated heterocycles. The third-order valence-electron chi connectivity index (χ3n) is 3.33. The Labute approximate surface area is 117 Å². The second-order valence-electron chi connectivity index (χ2n) is 4.68. The number of pyridine rings is 1. The van der Waals surface area contributed by atoms with E-state index in [2.05, 4.69) is 20.3 Å². The van der Waals surface area contributed by atoms with Gasteiger partial charge in [-0.1, -0.05) is 11.6 Å². The molecule has 0 bridgehead atoms. The van der Waals surface area contributed by atoms with Crippen LogP contribution in [0, 0.1) is 0 Å². The van der Waals surface area contributed by atoms with Crippen molar-refractivity contribution in [2.45, 2.75) is 32.2 Å². The van der Waals surface area contributed by atoms with E-state index >= 15 is 0 Å². The molecule has 1 aliphatic carbocycles. The highest BCUT2D eigenvalue weighted by Crippen LogP contribution is 2.26. The summed E-state index contributed by atoms with van der Waals surface area (Å²) in [5, 5.41) is 3.82. The zero-order valence-electron chi connectivity index (χ0n) is 10.6. The highest BCUT2D eigenvalue weighted by atomic mass is 35.5. The van der Waals surface area contributed by atoms with Crippen molar-refractivity contribution in [1.82, 2.24) is 15.0 Å². The summed E-state index contributed by atoms with van der Waals surface area (Å²) in [5.74, 6) is 0.613. The molecule has 19 heavy (non-hydrogen) atoms.